The zero-order valence-corrected chi connectivity index (χ0v) is 19.7. The van der Waals surface area contributed by atoms with Crippen molar-refractivity contribution in [1.29, 1.82) is 0 Å². The van der Waals surface area contributed by atoms with Gasteiger partial charge in [-0.15, -0.1) is 0 Å². The molecule has 1 aromatic carbocycles. The molecular weight excluding hydrogens is 448 g/mol. The molecule has 0 saturated heterocycles. The second-order valence-corrected chi connectivity index (χ2v) is 9.25. The number of aliphatic hydroxyl groups is 1. The molecule has 0 bridgehead atoms. The fourth-order valence-electron chi connectivity index (χ4n) is 4.93. The summed E-state index contributed by atoms with van der Waals surface area (Å²) in [7, 11) is 0. The highest BCUT2D eigenvalue weighted by molar-refractivity contribution is 5.33. The molecule has 2 aliphatic carbocycles. The average Bonchev–Trinajstić information content (AvgIpc) is 2.84. The average molecular weight is 483 g/mol. The molecule has 34 heavy (non-hydrogen) atoms. The number of halogens is 4. The lowest BCUT2D eigenvalue weighted by molar-refractivity contribution is 0.0380. The molecule has 2 saturated carbocycles. The van der Waals surface area contributed by atoms with Gasteiger partial charge in [0.25, 0.3) is 0 Å². The molecule has 0 unspecified atom stereocenters. The summed E-state index contributed by atoms with van der Waals surface area (Å²) < 4.78 is 68.5. The van der Waals surface area contributed by atoms with Crippen molar-refractivity contribution < 1.29 is 32.1 Å². The van der Waals surface area contributed by atoms with E-state index in [-0.39, 0.29) is 48.6 Å². The van der Waals surface area contributed by atoms with Gasteiger partial charge in [0, 0.05) is 5.57 Å². The van der Waals surface area contributed by atoms with E-state index in [1.54, 1.807) is 19.1 Å². The molecule has 0 amide bonds. The molecule has 2 fully saturated rings. The Labute approximate surface area is 199 Å². The summed E-state index contributed by atoms with van der Waals surface area (Å²) in [6.45, 7) is 8.51. The zero-order valence-electron chi connectivity index (χ0n) is 19.7. The minimum atomic E-state index is -1.19. The van der Waals surface area contributed by atoms with E-state index in [1.807, 2.05) is 0 Å². The van der Waals surface area contributed by atoms with E-state index in [0.717, 1.165) is 0 Å². The molecule has 3 rings (SSSR count). The number of allylic oxidation sites excluding steroid dienone is 1. The van der Waals surface area contributed by atoms with Gasteiger partial charge >= 0.3 is 0 Å². The molecule has 0 aliphatic heterocycles. The lowest BCUT2D eigenvalue weighted by Gasteiger charge is -2.30. The summed E-state index contributed by atoms with van der Waals surface area (Å²) in [6.07, 6.45) is 4.40. The first-order valence-corrected chi connectivity index (χ1v) is 12.1. The van der Waals surface area contributed by atoms with Gasteiger partial charge in [-0.2, -0.15) is 4.39 Å². The Hall–Kier alpha value is -2.12. The maximum Gasteiger partial charge on any atom is 0.200 e. The highest BCUT2D eigenvalue weighted by Crippen LogP contribution is 2.40. The first-order valence-electron chi connectivity index (χ1n) is 12.1. The normalized spacial score (nSPS) is 26.1. The highest BCUT2D eigenvalue weighted by atomic mass is 19.2. The van der Waals surface area contributed by atoms with Gasteiger partial charge < -0.3 is 14.6 Å². The Bertz CT molecular complexity index is 911. The Balaban J connectivity index is 1.54. The third kappa shape index (κ3) is 6.30. The van der Waals surface area contributed by atoms with Crippen LogP contribution in [0.5, 0.6) is 0 Å². The van der Waals surface area contributed by atoms with Gasteiger partial charge in [0.2, 0.25) is 0 Å². The van der Waals surface area contributed by atoms with Gasteiger partial charge in [0.15, 0.2) is 29.0 Å². The highest BCUT2D eigenvalue weighted by Gasteiger charge is 2.29. The van der Waals surface area contributed by atoms with Gasteiger partial charge in [-0.25, -0.2) is 13.2 Å². The fraction of sp³-hybridized carbons (Fsp3) is 0.556. The maximum absolute atomic E-state index is 14.9. The third-order valence-corrected chi connectivity index (χ3v) is 6.95. The first kappa shape index (κ1) is 26.5. The molecule has 0 aromatic heterocycles. The van der Waals surface area contributed by atoms with E-state index in [0.29, 0.717) is 62.5 Å². The van der Waals surface area contributed by atoms with E-state index in [2.05, 4.69) is 13.2 Å². The van der Waals surface area contributed by atoms with Crippen LogP contribution in [-0.2, 0) is 9.47 Å². The quantitative estimate of drug-likeness (QED) is 0.228. The molecular formula is C27H34F4O3. The topological polar surface area (TPSA) is 38.7 Å². The summed E-state index contributed by atoms with van der Waals surface area (Å²) in [5, 5.41) is 9.67. The summed E-state index contributed by atoms with van der Waals surface area (Å²) in [5.74, 6) is -4.45. The number of benzene rings is 1. The number of hydrogen-bond donors (Lipinski definition) is 1. The maximum atomic E-state index is 14.9. The Morgan fingerprint density at radius 3 is 1.88 bits per heavy atom. The van der Waals surface area contributed by atoms with Gasteiger partial charge in [0.1, 0.15) is 0 Å². The van der Waals surface area contributed by atoms with Crippen LogP contribution in [0.4, 0.5) is 17.6 Å². The minimum absolute atomic E-state index is 0.0610. The second-order valence-electron chi connectivity index (χ2n) is 9.25. The number of ether oxygens (including phenoxy) is 2. The Kier molecular flexibility index (Phi) is 9.37. The standard InChI is InChI=1S/C27H34F4O3/c1-4-33-17(3)25(29)24(28)16(2)15-34-21-11-7-19(8-12-21)23-14-13-22(26(30)27(23)31)18-5-9-20(32)10-6-18/h13-14,18-21,32H,2-12,15H2,1H3/b25-24-. The van der Waals surface area contributed by atoms with E-state index in [9.17, 15) is 22.7 Å². The lowest BCUT2D eigenvalue weighted by Crippen LogP contribution is -2.23. The zero-order chi connectivity index (χ0) is 24.8. The second kappa shape index (κ2) is 12.0. The molecule has 2 aliphatic rings. The number of aliphatic hydroxyl groups excluding tert-OH is 1. The SMILES string of the molecule is C=C(COC1CCC(c2ccc(C3CCC(O)CC3)c(F)c2F)CC1)/C(F)=C(/F)C(=C)OCC. The van der Waals surface area contributed by atoms with Gasteiger partial charge in [0.05, 0.1) is 25.4 Å². The van der Waals surface area contributed by atoms with Crippen molar-refractivity contribution in [1.82, 2.24) is 0 Å². The predicted molar refractivity (Wildman–Crippen MR) is 124 cm³/mol. The van der Waals surface area contributed by atoms with Crippen LogP contribution in [-0.4, -0.2) is 30.5 Å². The number of hydrogen-bond acceptors (Lipinski definition) is 3. The molecule has 0 radical (unpaired) electrons. The van der Waals surface area contributed by atoms with Crippen LogP contribution in [0.25, 0.3) is 0 Å². The summed E-state index contributed by atoms with van der Waals surface area (Å²) in [4.78, 5) is 0. The van der Waals surface area contributed by atoms with Crippen LogP contribution in [0.3, 0.4) is 0 Å². The fourth-order valence-corrected chi connectivity index (χ4v) is 4.93. The molecule has 188 valence electrons. The van der Waals surface area contributed by atoms with E-state index >= 15 is 0 Å². The van der Waals surface area contributed by atoms with Crippen molar-refractivity contribution in [2.75, 3.05) is 13.2 Å². The Morgan fingerprint density at radius 2 is 1.38 bits per heavy atom. The third-order valence-electron chi connectivity index (χ3n) is 6.95. The molecule has 3 nitrogen and oxygen atoms in total. The molecule has 0 atom stereocenters. The van der Waals surface area contributed by atoms with E-state index in [1.165, 1.54) is 0 Å². The molecule has 7 heteroatoms. The van der Waals surface area contributed by atoms with Gasteiger partial charge in [-0.3, -0.25) is 0 Å². The van der Waals surface area contributed by atoms with Crippen LogP contribution in [0, 0.1) is 11.6 Å². The van der Waals surface area contributed by atoms with Crippen molar-refractivity contribution in [3.05, 3.63) is 71.0 Å². The van der Waals surface area contributed by atoms with Crippen LogP contribution in [0.2, 0.25) is 0 Å². The van der Waals surface area contributed by atoms with Crippen molar-refractivity contribution in [3.8, 4) is 0 Å². The molecule has 0 spiro atoms. The molecule has 0 heterocycles. The van der Waals surface area contributed by atoms with Crippen molar-refractivity contribution in [2.45, 2.75) is 82.3 Å². The number of rotatable bonds is 9. The van der Waals surface area contributed by atoms with Crippen LogP contribution in [0.1, 0.15) is 81.3 Å². The monoisotopic (exact) mass is 482 g/mol. The van der Waals surface area contributed by atoms with Gasteiger partial charge in [-0.05, 0) is 81.3 Å². The summed E-state index contributed by atoms with van der Waals surface area (Å²) >= 11 is 0. The Morgan fingerprint density at radius 1 is 0.882 bits per heavy atom. The minimum Gasteiger partial charge on any atom is -0.491 e. The first-order chi connectivity index (χ1) is 16.2. The smallest absolute Gasteiger partial charge is 0.200 e. The van der Waals surface area contributed by atoms with E-state index in [4.69, 9.17) is 9.47 Å². The lowest BCUT2D eigenvalue weighted by atomic mass is 9.79. The van der Waals surface area contributed by atoms with Crippen molar-refractivity contribution in [2.24, 2.45) is 0 Å². The van der Waals surface area contributed by atoms with Crippen LogP contribution in [0.15, 0.2) is 48.3 Å². The van der Waals surface area contributed by atoms with Crippen LogP contribution < -0.4 is 0 Å². The summed E-state index contributed by atoms with van der Waals surface area (Å²) in [5.41, 5.74) is 0.642. The molecule has 1 aromatic rings. The molecule has 1 N–H and O–H groups in total. The van der Waals surface area contributed by atoms with Crippen LogP contribution >= 0.6 is 0 Å². The summed E-state index contributed by atoms with van der Waals surface area (Å²) in [6, 6.07) is 3.39. The van der Waals surface area contributed by atoms with Gasteiger partial charge in [-0.1, -0.05) is 25.3 Å². The van der Waals surface area contributed by atoms with Crippen molar-refractivity contribution in [3.63, 3.8) is 0 Å². The van der Waals surface area contributed by atoms with Crippen molar-refractivity contribution >= 4 is 0 Å². The largest absolute Gasteiger partial charge is 0.491 e. The van der Waals surface area contributed by atoms with E-state index < -0.39 is 23.3 Å². The predicted octanol–water partition coefficient (Wildman–Crippen LogP) is 7.28.